The van der Waals surface area contributed by atoms with Gasteiger partial charge < -0.3 is 10.2 Å². The maximum Gasteiger partial charge on any atom is 0.0107 e. The predicted octanol–water partition coefficient (Wildman–Crippen LogP) is 3.13. The van der Waals surface area contributed by atoms with Crippen LogP contribution < -0.4 is 5.32 Å². The van der Waals surface area contributed by atoms with Crippen LogP contribution in [0.25, 0.3) is 0 Å². The van der Waals surface area contributed by atoms with Crippen LogP contribution in [0.1, 0.15) is 53.4 Å². The fourth-order valence-corrected chi connectivity index (χ4v) is 1.93. The molecular weight excluding hydrogens is 208 g/mol. The third-order valence-corrected chi connectivity index (χ3v) is 3.48. The highest BCUT2D eigenvalue weighted by atomic mass is 15.1. The maximum atomic E-state index is 3.62. The van der Waals surface area contributed by atoms with Crippen LogP contribution in [0.4, 0.5) is 0 Å². The van der Waals surface area contributed by atoms with E-state index in [-0.39, 0.29) is 0 Å². The molecule has 2 nitrogen and oxygen atoms in total. The summed E-state index contributed by atoms with van der Waals surface area (Å²) in [6.45, 7) is 14.3. The molecule has 1 rings (SSSR count). The van der Waals surface area contributed by atoms with Crippen molar-refractivity contribution in [2.45, 2.75) is 59.4 Å². The molecule has 0 amide bonds. The Bertz CT molecular complexity index is 173. The Balaban J connectivity index is 2.13. The Morgan fingerprint density at radius 2 is 1.47 bits per heavy atom. The highest BCUT2D eigenvalue weighted by Crippen LogP contribution is 2.18. The van der Waals surface area contributed by atoms with Crippen molar-refractivity contribution in [1.82, 2.24) is 10.2 Å². The lowest BCUT2D eigenvalue weighted by Crippen LogP contribution is -2.35. The first-order valence-corrected chi connectivity index (χ1v) is 7.53. The molecule has 0 bridgehead atoms. The van der Waals surface area contributed by atoms with E-state index in [0.29, 0.717) is 0 Å². The first-order chi connectivity index (χ1) is 8.08. The van der Waals surface area contributed by atoms with Gasteiger partial charge in [0.2, 0.25) is 0 Å². The molecule has 1 aliphatic carbocycles. The second-order valence-corrected chi connectivity index (χ2v) is 6.44. The van der Waals surface area contributed by atoms with Crippen LogP contribution in [-0.4, -0.2) is 37.1 Å². The van der Waals surface area contributed by atoms with Crippen molar-refractivity contribution in [3.8, 4) is 0 Å². The fourth-order valence-electron chi connectivity index (χ4n) is 1.93. The van der Waals surface area contributed by atoms with E-state index in [1.165, 1.54) is 51.9 Å². The minimum atomic E-state index is 0.827. The van der Waals surface area contributed by atoms with E-state index < -0.39 is 0 Å². The van der Waals surface area contributed by atoms with Crippen LogP contribution in [-0.2, 0) is 0 Å². The normalized spacial score (nSPS) is 16.4. The van der Waals surface area contributed by atoms with Crippen LogP contribution in [0.15, 0.2) is 0 Å². The average molecular weight is 240 g/mol. The van der Waals surface area contributed by atoms with E-state index in [2.05, 4.69) is 37.9 Å². The molecule has 0 unspecified atom stereocenters. The summed E-state index contributed by atoms with van der Waals surface area (Å²) in [6.07, 6.45) is 5.47. The number of hydrogen-bond donors (Lipinski definition) is 1. The third kappa shape index (κ3) is 8.62. The van der Waals surface area contributed by atoms with Crippen molar-refractivity contribution in [3.05, 3.63) is 0 Å². The van der Waals surface area contributed by atoms with Crippen molar-refractivity contribution in [1.29, 1.82) is 0 Å². The molecule has 1 aliphatic rings. The smallest absolute Gasteiger partial charge is 0.0107 e. The lowest BCUT2D eigenvalue weighted by Gasteiger charge is -2.24. The molecule has 0 aromatic carbocycles. The van der Waals surface area contributed by atoms with Gasteiger partial charge in [0, 0.05) is 19.1 Å². The Hall–Kier alpha value is -0.0800. The van der Waals surface area contributed by atoms with Gasteiger partial charge in [0.05, 0.1) is 0 Å². The summed E-state index contributed by atoms with van der Waals surface area (Å²) in [5, 5.41) is 3.62. The van der Waals surface area contributed by atoms with Gasteiger partial charge in [0.25, 0.3) is 0 Å². The summed E-state index contributed by atoms with van der Waals surface area (Å²) in [5.41, 5.74) is 0. The van der Waals surface area contributed by atoms with Gasteiger partial charge in [-0.25, -0.2) is 0 Å². The fraction of sp³-hybridized carbons (Fsp3) is 1.00. The van der Waals surface area contributed by atoms with E-state index in [0.717, 1.165) is 17.9 Å². The minimum Gasteiger partial charge on any atom is -0.313 e. The SMILES string of the molecule is CC(C)CCN(CCNC1CC1)CCC(C)C. The molecule has 1 N–H and O–H groups in total. The van der Waals surface area contributed by atoms with Gasteiger partial charge >= 0.3 is 0 Å². The van der Waals surface area contributed by atoms with Gasteiger partial charge in [0.15, 0.2) is 0 Å². The Morgan fingerprint density at radius 1 is 0.941 bits per heavy atom. The zero-order valence-corrected chi connectivity index (χ0v) is 12.3. The zero-order valence-electron chi connectivity index (χ0n) is 12.3. The molecule has 2 heteroatoms. The molecule has 0 aromatic heterocycles. The Morgan fingerprint density at radius 3 is 1.88 bits per heavy atom. The summed E-state index contributed by atoms with van der Waals surface area (Å²) >= 11 is 0. The van der Waals surface area contributed by atoms with Gasteiger partial charge in [0.1, 0.15) is 0 Å². The van der Waals surface area contributed by atoms with Crippen molar-refractivity contribution in [2.75, 3.05) is 26.2 Å². The monoisotopic (exact) mass is 240 g/mol. The molecule has 1 fully saturated rings. The molecule has 0 saturated heterocycles. The number of rotatable bonds is 10. The van der Waals surface area contributed by atoms with E-state index >= 15 is 0 Å². The third-order valence-electron chi connectivity index (χ3n) is 3.48. The molecule has 0 atom stereocenters. The number of hydrogen-bond acceptors (Lipinski definition) is 2. The molecule has 17 heavy (non-hydrogen) atoms. The highest BCUT2D eigenvalue weighted by Gasteiger charge is 2.20. The lowest BCUT2D eigenvalue weighted by molar-refractivity contribution is 0.243. The Labute approximate surface area is 108 Å². The molecule has 0 aliphatic heterocycles. The maximum absolute atomic E-state index is 3.62. The number of nitrogens with one attached hydrogen (secondary N) is 1. The van der Waals surface area contributed by atoms with Gasteiger partial charge in [-0.1, -0.05) is 27.7 Å². The molecular formula is C15H32N2. The molecule has 0 aromatic rings. The molecule has 102 valence electrons. The van der Waals surface area contributed by atoms with Gasteiger partial charge in [-0.15, -0.1) is 0 Å². The van der Waals surface area contributed by atoms with Crippen LogP contribution in [0.5, 0.6) is 0 Å². The van der Waals surface area contributed by atoms with Crippen molar-refractivity contribution in [3.63, 3.8) is 0 Å². The topological polar surface area (TPSA) is 15.3 Å². The van der Waals surface area contributed by atoms with Gasteiger partial charge in [-0.2, -0.15) is 0 Å². The van der Waals surface area contributed by atoms with Crippen LogP contribution in [0.2, 0.25) is 0 Å². The molecule has 0 spiro atoms. The first kappa shape index (κ1) is 15.0. The van der Waals surface area contributed by atoms with Crippen molar-refractivity contribution in [2.24, 2.45) is 11.8 Å². The first-order valence-electron chi connectivity index (χ1n) is 7.53. The van der Waals surface area contributed by atoms with Gasteiger partial charge in [-0.05, 0) is 50.6 Å². The van der Waals surface area contributed by atoms with E-state index in [4.69, 9.17) is 0 Å². The molecule has 0 heterocycles. The van der Waals surface area contributed by atoms with Crippen molar-refractivity contribution < 1.29 is 0 Å². The largest absolute Gasteiger partial charge is 0.313 e. The van der Waals surface area contributed by atoms with Crippen LogP contribution >= 0.6 is 0 Å². The standard InChI is InChI=1S/C15H32N2/c1-13(2)7-10-17(11-8-14(3)4)12-9-16-15-5-6-15/h13-16H,5-12H2,1-4H3. The second kappa shape index (κ2) is 8.10. The molecule has 1 saturated carbocycles. The Kier molecular flexibility index (Phi) is 7.14. The summed E-state index contributed by atoms with van der Waals surface area (Å²) in [7, 11) is 0. The van der Waals surface area contributed by atoms with Crippen LogP contribution in [0.3, 0.4) is 0 Å². The van der Waals surface area contributed by atoms with E-state index in [1.54, 1.807) is 0 Å². The second-order valence-electron chi connectivity index (χ2n) is 6.44. The minimum absolute atomic E-state index is 0.827. The van der Waals surface area contributed by atoms with Crippen molar-refractivity contribution >= 4 is 0 Å². The summed E-state index contributed by atoms with van der Waals surface area (Å²) < 4.78 is 0. The van der Waals surface area contributed by atoms with Crippen LogP contribution in [0, 0.1) is 11.8 Å². The summed E-state index contributed by atoms with van der Waals surface area (Å²) in [5.74, 6) is 1.65. The van der Waals surface area contributed by atoms with Gasteiger partial charge in [-0.3, -0.25) is 0 Å². The zero-order chi connectivity index (χ0) is 12.7. The summed E-state index contributed by atoms with van der Waals surface area (Å²) in [6, 6.07) is 0.854. The molecule has 0 radical (unpaired) electrons. The summed E-state index contributed by atoms with van der Waals surface area (Å²) in [4.78, 5) is 2.65. The lowest BCUT2D eigenvalue weighted by atomic mass is 10.1. The number of nitrogens with zero attached hydrogens (tertiary/aromatic N) is 1. The quantitative estimate of drug-likeness (QED) is 0.631. The average Bonchev–Trinajstić information content (AvgIpc) is 3.04. The van der Waals surface area contributed by atoms with E-state index in [9.17, 15) is 0 Å². The predicted molar refractivity (Wildman–Crippen MR) is 76.4 cm³/mol. The van der Waals surface area contributed by atoms with E-state index in [1.807, 2.05) is 0 Å². The highest BCUT2D eigenvalue weighted by molar-refractivity contribution is 4.81.